The molecule has 1 N–H and O–H groups in total. The number of fused-ring (bicyclic) bond motifs is 2. The molecule has 2 fully saturated rings. The SMILES string of the molecule is C=CCCCCC[C@H](NC(=O)OC(C)(C)C)C(=O)N1C[C@@H]2C[C@H]1C(=O)O2.[HH]. The molecule has 2 saturated heterocycles. The van der Waals surface area contributed by atoms with E-state index in [2.05, 4.69) is 11.9 Å². The molecule has 2 rings (SSSR count). The number of nitrogens with zero attached hydrogens (tertiary/aromatic N) is 1. The Hall–Kier alpha value is -2.05. The van der Waals surface area contributed by atoms with Crippen molar-refractivity contribution in [3.05, 3.63) is 12.7 Å². The molecule has 0 aliphatic carbocycles. The second-order valence-corrected chi connectivity index (χ2v) is 7.93. The summed E-state index contributed by atoms with van der Waals surface area (Å²) < 4.78 is 10.4. The Labute approximate surface area is 156 Å². The van der Waals surface area contributed by atoms with Crippen molar-refractivity contribution in [2.45, 2.75) is 83.1 Å². The van der Waals surface area contributed by atoms with E-state index < -0.39 is 23.8 Å². The summed E-state index contributed by atoms with van der Waals surface area (Å²) in [5.41, 5.74) is -0.641. The molecule has 0 spiro atoms. The molecule has 2 amide bonds. The van der Waals surface area contributed by atoms with Gasteiger partial charge in [0.1, 0.15) is 23.8 Å². The summed E-state index contributed by atoms with van der Waals surface area (Å²) >= 11 is 0. The Morgan fingerprint density at radius 2 is 2.15 bits per heavy atom. The topological polar surface area (TPSA) is 84.9 Å². The molecule has 0 aromatic rings. The number of unbranched alkanes of at least 4 members (excludes halogenated alkanes) is 3. The highest BCUT2D eigenvalue weighted by molar-refractivity contribution is 5.91. The van der Waals surface area contributed by atoms with Gasteiger partial charge >= 0.3 is 12.1 Å². The fraction of sp³-hybridized carbons (Fsp3) is 0.737. The Morgan fingerprint density at radius 1 is 1.42 bits per heavy atom. The summed E-state index contributed by atoms with van der Waals surface area (Å²) in [6.45, 7) is 9.42. The number of alkyl carbamates (subject to hydrolysis) is 1. The van der Waals surface area contributed by atoms with Crippen LogP contribution in [0.5, 0.6) is 0 Å². The quantitative estimate of drug-likeness (QED) is 0.404. The maximum atomic E-state index is 12.9. The van der Waals surface area contributed by atoms with Gasteiger partial charge in [0.25, 0.3) is 0 Å². The molecule has 0 radical (unpaired) electrons. The zero-order valence-electron chi connectivity index (χ0n) is 16.0. The Kier molecular flexibility index (Phi) is 6.67. The number of morpholine rings is 1. The van der Waals surface area contributed by atoms with Gasteiger partial charge in [-0.3, -0.25) is 4.79 Å². The number of hydrogen-bond acceptors (Lipinski definition) is 5. The first kappa shape index (κ1) is 20.3. The third-order valence-corrected chi connectivity index (χ3v) is 4.49. The van der Waals surface area contributed by atoms with Crippen LogP contribution in [-0.4, -0.2) is 53.2 Å². The number of rotatable bonds is 8. The number of carbonyl (C=O) groups excluding carboxylic acids is 3. The summed E-state index contributed by atoms with van der Waals surface area (Å²) in [5.74, 6) is -0.583. The van der Waals surface area contributed by atoms with E-state index in [4.69, 9.17) is 9.47 Å². The van der Waals surface area contributed by atoms with Crippen LogP contribution in [0.4, 0.5) is 4.79 Å². The van der Waals surface area contributed by atoms with Crippen molar-refractivity contribution in [1.82, 2.24) is 10.2 Å². The van der Waals surface area contributed by atoms with Gasteiger partial charge in [-0.05, 0) is 40.0 Å². The molecule has 7 nitrogen and oxygen atoms in total. The lowest BCUT2D eigenvalue weighted by molar-refractivity contribution is -0.157. The standard InChI is InChI=1S/C19H30N2O5.H2/c1-5-6-7-8-9-10-14(20-18(24)26-19(2,3)4)16(22)21-12-13-11-15(21)17(23)25-13;/h5,13-15H,1,6-12H2,2-4H3,(H,20,24);1H/t13-,14-,15-;/m0./s1. The zero-order chi connectivity index (χ0) is 19.3. The van der Waals surface area contributed by atoms with Crippen LogP contribution in [0.15, 0.2) is 12.7 Å². The minimum Gasteiger partial charge on any atom is -0.459 e. The summed E-state index contributed by atoms with van der Waals surface area (Å²) in [4.78, 5) is 38.4. The normalized spacial score (nSPS) is 22.7. The number of esters is 1. The van der Waals surface area contributed by atoms with Crippen LogP contribution in [0.1, 0.15) is 60.7 Å². The molecular formula is C19H32N2O5. The molecule has 0 aromatic carbocycles. The van der Waals surface area contributed by atoms with Crippen molar-refractivity contribution in [3.8, 4) is 0 Å². The predicted molar refractivity (Wildman–Crippen MR) is 98.6 cm³/mol. The van der Waals surface area contributed by atoms with E-state index >= 15 is 0 Å². The van der Waals surface area contributed by atoms with E-state index in [0.29, 0.717) is 19.4 Å². The maximum Gasteiger partial charge on any atom is 0.408 e. The summed E-state index contributed by atoms with van der Waals surface area (Å²) in [6.07, 6.45) is 5.76. The van der Waals surface area contributed by atoms with Crippen LogP contribution >= 0.6 is 0 Å². The van der Waals surface area contributed by atoms with Gasteiger partial charge in [-0.2, -0.15) is 0 Å². The fourth-order valence-electron chi connectivity index (χ4n) is 3.31. The zero-order valence-corrected chi connectivity index (χ0v) is 16.0. The number of carbonyl (C=O) groups is 3. The van der Waals surface area contributed by atoms with Gasteiger partial charge in [0.15, 0.2) is 0 Å². The average Bonchev–Trinajstić information content (AvgIpc) is 3.10. The molecule has 0 aromatic heterocycles. The number of amides is 2. The van der Waals surface area contributed by atoms with E-state index in [9.17, 15) is 14.4 Å². The molecule has 3 atom stereocenters. The van der Waals surface area contributed by atoms with Crippen LogP contribution in [0.3, 0.4) is 0 Å². The van der Waals surface area contributed by atoms with E-state index in [1.54, 1.807) is 25.7 Å². The number of ether oxygens (including phenoxy) is 2. The first-order valence-corrected chi connectivity index (χ1v) is 9.32. The molecule has 2 heterocycles. The van der Waals surface area contributed by atoms with Crippen molar-refractivity contribution in [2.75, 3.05) is 6.54 Å². The third-order valence-electron chi connectivity index (χ3n) is 4.49. The van der Waals surface area contributed by atoms with Gasteiger partial charge in [0.05, 0.1) is 6.54 Å². The van der Waals surface area contributed by atoms with Crippen LogP contribution in [0.25, 0.3) is 0 Å². The number of likely N-dealkylation sites (tertiary alicyclic amines) is 1. The lowest BCUT2D eigenvalue weighted by Crippen LogP contribution is -2.54. The van der Waals surface area contributed by atoms with E-state index in [1.807, 2.05) is 6.08 Å². The molecule has 2 aliphatic heterocycles. The summed E-state index contributed by atoms with van der Waals surface area (Å²) in [5, 5.41) is 2.69. The van der Waals surface area contributed by atoms with Gasteiger partial charge in [-0.25, -0.2) is 9.59 Å². The van der Waals surface area contributed by atoms with Crippen LogP contribution in [0, 0.1) is 0 Å². The highest BCUT2D eigenvalue weighted by Crippen LogP contribution is 2.30. The third kappa shape index (κ3) is 5.47. The molecule has 0 saturated carbocycles. The van der Waals surface area contributed by atoms with Crippen molar-refractivity contribution < 1.29 is 25.3 Å². The minimum absolute atomic E-state index is 0. The monoisotopic (exact) mass is 368 g/mol. The molecule has 148 valence electrons. The fourth-order valence-corrected chi connectivity index (χ4v) is 3.31. The summed E-state index contributed by atoms with van der Waals surface area (Å²) in [7, 11) is 0. The summed E-state index contributed by atoms with van der Waals surface area (Å²) in [6, 6.07) is -1.21. The van der Waals surface area contributed by atoms with Crippen LogP contribution in [-0.2, 0) is 19.1 Å². The van der Waals surface area contributed by atoms with Gasteiger partial charge in [-0.15, -0.1) is 6.58 Å². The first-order chi connectivity index (χ1) is 12.2. The lowest BCUT2D eigenvalue weighted by Gasteiger charge is -2.30. The Bertz CT molecular complexity index is 561. The van der Waals surface area contributed by atoms with E-state index in [0.717, 1.165) is 25.7 Å². The molecule has 26 heavy (non-hydrogen) atoms. The molecule has 2 aliphatic rings. The smallest absolute Gasteiger partial charge is 0.408 e. The molecule has 2 bridgehead atoms. The van der Waals surface area contributed by atoms with Crippen LogP contribution in [0.2, 0.25) is 0 Å². The van der Waals surface area contributed by atoms with Crippen molar-refractivity contribution >= 4 is 18.0 Å². The maximum absolute atomic E-state index is 12.9. The minimum atomic E-state index is -0.694. The van der Waals surface area contributed by atoms with Crippen LogP contribution < -0.4 is 5.32 Å². The number of nitrogens with one attached hydrogen (secondary N) is 1. The first-order valence-electron chi connectivity index (χ1n) is 9.32. The lowest BCUT2D eigenvalue weighted by atomic mass is 10.1. The second kappa shape index (κ2) is 8.56. The van der Waals surface area contributed by atoms with Crippen molar-refractivity contribution in [3.63, 3.8) is 0 Å². The Balaban J connectivity index is 0.00000364. The molecule has 7 heteroatoms. The van der Waals surface area contributed by atoms with Gasteiger partial charge in [-0.1, -0.05) is 18.9 Å². The second-order valence-electron chi connectivity index (χ2n) is 7.93. The largest absolute Gasteiger partial charge is 0.459 e. The van der Waals surface area contributed by atoms with E-state index in [1.165, 1.54) is 0 Å². The predicted octanol–water partition coefficient (Wildman–Crippen LogP) is 2.79. The Morgan fingerprint density at radius 3 is 2.73 bits per heavy atom. The van der Waals surface area contributed by atoms with E-state index in [-0.39, 0.29) is 19.4 Å². The highest BCUT2D eigenvalue weighted by Gasteiger charge is 2.49. The van der Waals surface area contributed by atoms with Gasteiger partial charge in [0, 0.05) is 7.85 Å². The molecule has 0 unspecified atom stereocenters. The van der Waals surface area contributed by atoms with Crippen molar-refractivity contribution in [1.29, 1.82) is 0 Å². The number of hydrogen-bond donors (Lipinski definition) is 1. The van der Waals surface area contributed by atoms with Gasteiger partial charge < -0.3 is 19.7 Å². The number of allylic oxidation sites excluding steroid dienone is 1. The molecular weight excluding hydrogens is 336 g/mol. The van der Waals surface area contributed by atoms with Gasteiger partial charge in [0.2, 0.25) is 5.91 Å². The average molecular weight is 368 g/mol. The highest BCUT2D eigenvalue weighted by atomic mass is 16.6. The van der Waals surface area contributed by atoms with Crippen molar-refractivity contribution in [2.24, 2.45) is 0 Å².